The number of rotatable bonds is 9. The lowest BCUT2D eigenvalue weighted by molar-refractivity contribution is 0.167. The molecular weight excluding hydrogens is 424 g/mol. The first-order valence-corrected chi connectivity index (χ1v) is 12.4. The van der Waals surface area contributed by atoms with E-state index in [2.05, 4.69) is 81.0 Å². The molecule has 0 spiro atoms. The van der Waals surface area contributed by atoms with Crippen molar-refractivity contribution in [1.82, 2.24) is 25.1 Å². The predicted octanol–water partition coefficient (Wildman–Crippen LogP) is 4.28. The van der Waals surface area contributed by atoms with Gasteiger partial charge < -0.3 is 20.3 Å². The molecule has 1 saturated heterocycles. The highest BCUT2D eigenvalue weighted by Gasteiger charge is 2.33. The Balaban J connectivity index is 1.34. The van der Waals surface area contributed by atoms with Crippen LogP contribution in [0.5, 0.6) is 0 Å². The normalized spacial score (nSPS) is 19.5. The van der Waals surface area contributed by atoms with E-state index in [1.807, 2.05) is 10.6 Å². The maximum Gasteiger partial charge on any atom is 0.123 e. The highest BCUT2D eigenvalue weighted by Crippen LogP contribution is 2.36. The zero-order valence-corrected chi connectivity index (χ0v) is 19.8. The number of benzene rings is 2. The molecule has 0 saturated carbocycles. The summed E-state index contributed by atoms with van der Waals surface area (Å²) in [4.78, 5) is 6.05. The summed E-state index contributed by atoms with van der Waals surface area (Å²) in [5.41, 5.74) is 4.72. The van der Waals surface area contributed by atoms with Gasteiger partial charge in [-0.05, 0) is 48.9 Å². The summed E-state index contributed by atoms with van der Waals surface area (Å²) in [5, 5.41) is 23.0. The zero-order valence-electron chi connectivity index (χ0n) is 19.8. The van der Waals surface area contributed by atoms with Gasteiger partial charge in [-0.3, -0.25) is 4.57 Å². The SMILES string of the molecule is CCCC1CC(C(CO)NCc2ccccc2)CCN1c1c[nH]c2ccc(-n3cnnc3)cc12. The Hall–Kier alpha value is -3.16. The second-order valence-electron chi connectivity index (χ2n) is 9.35. The number of aromatic amines is 1. The van der Waals surface area contributed by atoms with Gasteiger partial charge in [0, 0.05) is 48.0 Å². The van der Waals surface area contributed by atoms with Gasteiger partial charge in [0.1, 0.15) is 12.7 Å². The molecule has 7 heteroatoms. The molecule has 2 aromatic heterocycles. The number of aromatic nitrogens is 4. The van der Waals surface area contributed by atoms with Crippen LogP contribution in [0.25, 0.3) is 16.6 Å². The second kappa shape index (κ2) is 10.4. The topological polar surface area (TPSA) is 82.0 Å². The summed E-state index contributed by atoms with van der Waals surface area (Å²) in [6, 6.07) is 17.4. The van der Waals surface area contributed by atoms with Crippen LogP contribution < -0.4 is 10.2 Å². The number of H-pyrrole nitrogens is 1. The quantitative estimate of drug-likeness (QED) is 0.349. The summed E-state index contributed by atoms with van der Waals surface area (Å²) in [7, 11) is 0. The minimum absolute atomic E-state index is 0.116. The fraction of sp³-hybridized carbons (Fsp3) is 0.407. The van der Waals surface area contributed by atoms with Crippen molar-refractivity contribution < 1.29 is 5.11 Å². The Morgan fingerprint density at radius 1 is 1.15 bits per heavy atom. The van der Waals surface area contributed by atoms with Crippen LogP contribution in [0, 0.1) is 5.92 Å². The molecule has 4 aromatic rings. The van der Waals surface area contributed by atoms with Gasteiger partial charge in [0.25, 0.3) is 0 Å². The van der Waals surface area contributed by atoms with Crippen LogP contribution in [0.3, 0.4) is 0 Å². The molecule has 5 rings (SSSR count). The van der Waals surface area contributed by atoms with E-state index in [0.717, 1.165) is 50.0 Å². The molecule has 3 heterocycles. The summed E-state index contributed by atoms with van der Waals surface area (Å²) in [6.45, 7) is 4.21. The molecule has 1 fully saturated rings. The average molecular weight is 459 g/mol. The number of fused-ring (bicyclic) bond motifs is 1. The number of hydrogen-bond donors (Lipinski definition) is 3. The standard InChI is InChI=1S/C27H34N6O/c1-2-6-23-13-21(26(17-34)28-15-20-7-4-3-5-8-20)11-12-33(23)27-16-29-25-10-9-22(14-24(25)27)32-18-30-31-19-32/h3-5,7-10,14,16,18-19,21,23,26,28-29,34H,2,6,11-13,15,17H2,1H3. The maximum atomic E-state index is 10.2. The minimum atomic E-state index is 0.116. The minimum Gasteiger partial charge on any atom is -0.395 e. The Kier molecular flexibility index (Phi) is 6.92. The first kappa shape index (κ1) is 22.6. The van der Waals surface area contributed by atoms with Crippen LogP contribution >= 0.6 is 0 Å². The molecular formula is C27H34N6O. The predicted molar refractivity (Wildman–Crippen MR) is 136 cm³/mol. The Morgan fingerprint density at radius 3 is 2.74 bits per heavy atom. The third kappa shape index (κ3) is 4.72. The van der Waals surface area contributed by atoms with Crippen LogP contribution in [0.2, 0.25) is 0 Å². The number of aliphatic hydroxyl groups excluding tert-OH is 1. The number of nitrogens with zero attached hydrogens (tertiary/aromatic N) is 4. The summed E-state index contributed by atoms with van der Waals surface area (Å²) >= 11 is 0. The summed E-state index contributed by atoms with van der Waals surface area (Å²) < 4.78 is 1.94. The van der Waals surface area contributed by atoms with E-state index in [0.29, 0.717) is 12.0 Å². The molecule has 0 amide bonds. The van der Waals surface area contributed by atoms with E-state index in [1.54, 1.807) is 12.7 Å². The van der Waals surface area contributed by atoms with E-state index in [1.165, 1.54) is 16.6 Å². The van der Waals surface area contributed by atoms with Gasteiger partial charge in [-0.15, -0.1) is 10.2 Å². The van der Waals surface area contributed by atoms with Crippen LogP contribution in [0.4, 0.5) is 5.69 Å². The number of hydrogen-bond acceptors (Lipinski definition) is 5. The fourth-order valence-corrected chi connectivity index (χ4v) is 5.42. The average Bonchev–Trinajstić information content (AvgIpc) is 3.56. The van der Waals surface area contributed by atoms with Crippen LogP contribution in [0.1, 0.15) is 38.2 Å². The van der Waals surface area contributed by atoms with Gasteiger partial charge in [-0.1, -0.05) is 43.7 Å². The molecule has 1 aliphatic heterocycles. The Morgan fingerprint density at radius 2 is 1.97 bits per heavy atom. The molecule has 3 N–H and O–H groups in total. The number of nitrogens with one attached hydrogen (secondary N) is 2. The molecule has 0 bridgehead atoms. The van der Waals surface area contributed by atoms with E-state index in [4.69, 9.17) is 0 Å². The molecule has 3 atom stereocenters. The number of anilines is 1. The molecule has 34 heavy (non-hydrogen) atoms. The van der Waals surface area contributed by atoms with Crippen molar-refractivity contribution in [3.05, 3.63) is 72.9 Å². The monoisotopic (exact) mass is 458 g/mol. The van der Waals surface area contributed by atoms with Crippen molar-refractivity contribution in [3.63, 3.8) is 0 Å². The molecule has 3 unspecified atom stereocenters. The molecule has 2 aromatic carbocycles. The molecule has 0 aliphatic carbocycles. The van der Waals surface area contributed by atoms with E-state index in [9.17, 15) is 5.11 Å². The van der Waals surface area contributed by atoms with Crippen molar-refractivity contribution in [2.45, 2.75) is 51.2 Å². The van der Waals surface area contributed by atoms with Gasteiger partial charge in [0.15, 0.2) is 0 Å². The fourth-order valence-electron chi connectivity index (χ4n) is 5.42. The van der Waals surface area contributed by atoms with Crippen LogP contribution in [0.15, 0.2) is 67.4 Å². The first-order valence-electron chi connectivity index (χ1n) is 12.4. The van der Waals surface area contributed by atoms with Gasteiger partial charge in [-0.2, -0.15) is 0 Å². The lowest BCUT2D eigenvalue weighted by Gasteiger charge is -2.43. The largest absolute Gasteiger partial charge is 0.395 e. The highest BCUT2D eigenvalue weighted by atomic mass is 16.3. The third-order valence-corrected chi connectivity index (χ3v) is 7.23. The highest BCUT2D eigenvalue weighted by molar-refractivity contribution is 5.94. The summed E-state index contributed by atoms with van der Waals surface area (Å²) in [6.07, 6.45) is 10.0. The smallest absolute Gasteiger partial charge is 0.123 e. The number of piperidine rings is 1. The van der Waals surface area contributed by atoms with Crippen LogP contribution in [-0.4, -0.2) is 50.1 Å². The first-order chi connectivity index (χ1) is 16.8. The van der Waals surface area contributed by atoms with Gasteiger partial charge in [0.05, 0.1) is 12.3 Å². The molecule has 1 aliphatic rings. The van der Waals surface area contributed by atoms with Crippen molar-refractivity contribution in [3.8, 4) is 5.69 Å². The van der Waals surface area contributed by atoms with Crippen LogP contribution in [-0.2, 0) is 6.54 Å². The van der Waals surface area contributed by atoms with Gasteiger partial charge in [0.2, 0.25) is 0 Å². The van der Waals surface area contributed by atoms with Gasteiger partial charge >= 0.3 is 0 Å². The lowest BCUT2D eigenvalue weighted by atomic mass is 9.83. The zero-order chi connectivity index (χ0) is 23.3. The third-order valence-electron chi connectivity index (χ3n) is 7.23. The van der Waals surface area contributed by atoms with Crippen molar-refractivity contribution in [2.24, 2.45) is 5.92 Å². The Bertz CT molecular complexity index is 1170. The molecule has 178 valence electrons. The van der Waals surface area contributed by atoms with E-state index >= 15 is 0 Å². The van der Waals surface area contributed by atoms with E-state index in [-0.39, 0.29) is 12.6 Å². The van der Waals surface area contributed by atoms with E-state index < -0.39 is 0 Å². The van der Waals surface area contributed by atoms with Gasteiger partial charge in [-0.25, -0.2) is 0 Å². The van der Waals surface area contributed by atoms with Crippen molar-refractivity contribution in [1.29, 1.82) is 0 Å². The van der Waals surface area contributed by atoms with Crippen molar-refractivity contribution in [2.75, 3.05) is 18.1 Å². The second-order valence-corrected chi connectivity index (χ2v) is 9.35. The van der Waals surface area contributed by atoms with Crippen molar-refractivity contribution >= 4 is 16.6 Å². The Labute approximate surface area is 200 Å². The maximum absolute atomic E-state index is 10.2. The molecule has 0 radical (unpaired) electrons. The molecule has 7 nitrogen and oxygen atoms in total. The lowest BCUT2D eigenvalue weighted by Crippen LogP contribution is -2.49. The summed E-state index contributed by atoms with van der Waals surface area (Å²) in [5.74, 6) is 0.458. The number of aliphatic hydroxyl groups is 1.